The van der Waals surface area contributed by atoms with Crippen LogP contribution in [0.3, 0.4) is 0 Å². The van der Waals surface area contributed by atoms with E-state index in [1.807, 2.05) is 0 Å². The molecule has 0 heterocycles. The molecule has 1 saturated carbocycles. The highest BCUT2D eigenvalue weighted by atomic mass is 19.1. The van der Waals surface area contributed by atoms with Crippen molar-refractivity contribution < 1.29 is 14.0 Å². The summed E-state index contributed by atoms with van der Waals surface area (Å²) in [5, 5.41) is 5.32. The van der Waals surface area contributed by atoms with Crippen molar-refractivity contribution in [2.75, 3.05) is 13.1 Å². The Morgan fingerprint density at radius 1 is 1.26 bits per heavy atom. The Balaban J connectivity index is 1.77. The van der Waals surface area contributed by atoms with Crippen LogP contribution in [0.1, 0.15) is 28.8 Å². The topological polar surface area (TPSA) is 58.2 Å². The van der Waals surface area contributed by atoms with Gasteiger partial charge in [-0.3, -0.25) is 9.59 Å². The van der Waals surface area contributed by atoms with E-state index in [1.54, 1.807) is 13.0 Å². The Labute approximate surface area is 111 Å². The summed E-state index contributed by atoms with van der Waals surface area (Å²) < 4.78 is 13.4. The number of rotatable bonds is 5. The molecule has 1 aromatic carbocycles. The van der Waals surface area contributed by atoms with Crippen LogP contribution in [0.2, 0.25) is 0 Å². The molecule has 0 spiro atoms. The first-order chi connectivity index (χ1) is 9.08. The minimum atomic E-state index is -0.537. The summed E-state index contributed by atoms with van der Waals surface area (Å²) in [5.74, 6) is -0.798. The molecular formula is C14H17FN2O2. The van der Waals surface area contributed by atoms with Crippen LogP contribution in [0.5, 0.6) is 0 Å². The second-order valence-electron chi connectivity index (χ2n) is 4.80. The Kier molecular flexibility index (Phi) is 4.14. The van der Waals surface area contributed by atoms with Crippen LogP contribution in [-0.4, -0.2) is 24.9 Å². The predicted molar refractivity (Wildman–Crippen MR) is 69.2 cm³/mol. The molecule has 0 bridgehead atoms. The van der Waals surface area contributed by atoms with Gasteiger partial charge in [0, 0.05) is 19.0 Å². The van der Waals surface area contributed by atoms with Gasteiger partial charge in [-0.25, -0.2) is 4.39 Å². The molecular weight excluding hydrogens is 247 g/mol. The highest BCUT2D eigenvalue weighted by Gasteiger charge is 2.29. The Morgan fingerprint density at radius 3 is 2.63 bits per heavy atom. The van der Waals surface area contributed by atoms with Crippen LogP contribution in [0.4, 0.5) is 4.39 Å². The monoisotopic (exact) mass is 264 g/mol. The van der Waals surface area contributed by atoms with Crippen LogP contribution in [-0.2, 0) is 4.79 Å². The molecule has 0 aromatic heterocycles. The highest BCUT2D eigenvalue weighted by Crippen LogP contribution is 2.28. The molecule has 5 heteroatoms. The van der Waals surface area contributed by atoms with E-state index in [1.165, 1.54) is 12.1 Å². The molecule has 1 aromatic rings. The van der Waals surface area contributed by atoms with Gasteiger partial charge in [-0.1, -0.05) is 11.6 Å². The molecule has 0 unspecified atom stereocenters. The normalized spacial score (nSPS) is 14.0. The molecule has 0 aliphatic heterocycles. The summed E-state index contributed by atoms with van der Waals surface area (Å²) in [4.78, 5) is 23.1. The van der Waals surface area contributed by atoms with Gasteiger partial charge >= 0.3 is 0 Å². The Morgan fingerprint density at radius 2 is 1.95 bits per heavy atom. The third kappa shape index (κ3) is 3.77. The predicted octanol–water partition coefficient (Wildman–Crippen LogP) is 1.39. The van der Waals surface area contributed by atoms with Crippen molar-refractivity contribution in [2.24, 2.45) is 5.92 Å². The molecule has 4 nitrogen and oxygen atoms in total. The molecule has 1 aliphatic carbocycles. The van der Waals surface area contributed by atoms with E-state index in [-0.39, 0.29) is 17.4 Å². The lowest BCUT2D eigenvalue weighted by atomic mass is 10.1. The maximum absolute atomic E-state index is 13.4. The summed E-state index contributed by atoms with van der Waals surface area (Å²) in [7, 11) is 0. The van der Waals surface area contributed by atoms with E-state index >= 15 is 0 Å². The van der Waals surface area contributed by atoms with Crippen molar-refractivity contribution in [3.63, 3.8) is 0 Å². The van der Waals surface area contributed by atoms with E-state index in [0.717, 1.165) is 18.4 Å². The summed E-state index contributed by atoms with van der Waals surface area (Å²) in [5.41, 5.74) is 0.863. The number of amides is 2. The van der Waals surface area contributed by atoms with Gasteiger partial charge in [0.25, 0.3) is 5.91 Å². The van der Waals surface area contributed by atoms with Crippen LogP contribution in [0.25, 0.3) is 0 Å². The van der Waals surface area contributed by atoms with Crippen molar-refractivity contribution in [1.82, 2.24) is 10.6 Å². The summed E-state index contributed by atoms with van der Waals surface area (Å²) in [6.45, 7) is 2.46. The SMILES string of the molecule is Cc1ccc(F)c(C(=O)NCCNC(=O)C2CC2)c1. The van der Waals surface area contributed by atoms with Crippen LogP contribution in [0, 0.1) is 18.7 Å². The van der Waals surface area contributed by atoms with Crippen molar-refractivity contribution in [2.45, 2.75) is 19.8 Å². The Bertz CT molecular complexity index is 498. The fraction of sp³-hybridized carbons (Fsp3) is 0.429. The number of hydrogen-bond donors (Lipinski definition) is 2. The third-order valence-electron chi connectivity index (χ3n) is 3.02. The van der Waals surface area contributed by atoms with Crippen LogP contribution >= 0.6 is 0 Å². The summed E-state index contributed by atoms with van der Waals surface area (Å²) >= 11 is 0. The van der Waals surface area contributed by atoms with Crippen molar-refractivity contribution >= 4 is 11.8 Å². The zero-order chi connectivity index (χ0) is 13.8. The second kappa shape index (κ2) is 5.82. The molecule has 19 heavy (non-hydrogen) atoms. The number of carbonyl (C=O) groups excluding carboxylic acids is 2. The van der Waals surface area contributed by atoms with E-state index < -0.39 is 11.7 Å². The quantitative estimate of drug-likeness (QED) is 0.790. The molecule has 1 aliphatic rings. The lowest BCUT2D eigenvalue weighted by Crippen LogP contribution is -2.35. The van der Waals surface area contributed by atoms with Gasteiger partial charge < -0.3 is 10.6 Å². The van der Waals surface area contributed by atoms with Gasteiger partial charge in [0.05, 0.1) is 5.56 Å². The second-order valence-corrected chi connectivity index (χ2v) is 4.80. The molecule has 1 fully saturated rings. The fourth-order valence-electron chi connectivity index (χ4n) is 1.76. The zero-order valence-electron chi connectivity index (χ0n) is 10.8. The lowest BCUT2D eigenvalue weighted by molar-refractivity contribution is -0.122. The number of hydrogen-bond acceptors (Lipinski definition) is 2. The minimum absolute atomic E-state index is 0.0357. The van der Waals surface area contributed by atoms with E-state index in [0.29, 0.717) is 13.1 Å². The first-order valence-corrected chi connectivity index (χ1v) is 6.40. The average Bonchev–Trinajstić information content (AvgIpc) is 3.21. The standard InChI is InChI=1S/C14H17FN2O2/c1-9-2-5-12(15)11(8-9)14(19)17-7-6-16-13(18)10-3-4-10/h2,5,8,10H,3-4,6-7H2,1H3,(H,16,18)(H,17,19). The van der Waals surface area contributed by atoms with Crippen molar-refractivity contribution in [1.29, 1.82) is 0 Å². The third-order valence-corrected chi connectivity index (χ3v) is 3.02. The van der Waals surface area contributed by atoms with Gasteiger partial charge in [0.15, 0.2) is 0 Å². The average molecular weight is 264 g/mol. The largest absolute Gasteiger partial charge is 0.354 e. The number of halogens is 1. The molecule has 2 N–H and O–H groups in total. The van der Waals surface area contributed by atoms with E-state index in [2.05, 4.69) is 10.6 Å². The van der Waals surface area contributed by atoms with Gasteiger partial charge in [-0.15, -0.1) is 0 Å². The zero-order valence-corrected chi connectivity index (χ0v) is 10.8. The minimum Gasteiger partial charge on any atom is -0.354 e. The van der Waals surface area contributed by atoms with Crippen molar-refractivity contribution in [3.05, 3.63) is 35.1 Å². The number of aryl methyl sites for hydroxylation is 1. The maximum atomic E-state index is 13.4. The lowest BCUT2D eigenvalue weighted by Gasteiger charge is -2.08. The summed E-state index contributed by atoms with van der Waals surface area (Å²) in [6.07, 6.45) is 1.90. The van der Waals surface area contributed by atoms with Crippen LogP contribution < -0.4 is 10.6 Å². The van der Waals surface area contributed by atoms with E-state index in [4.69, 9.17) is 0 Å². The first-order valence-electron chi connectivity index (χ1n) is 6.40. The van der Waals surface area contributed by atoms with Crippen LogP contribution in [0.15, 0.2) is 18.2 Å². The van der Waals surface area contributed by atoms with Crippen molar-refractivity contribution in [3.8, 4) is 0 Å². The molecule has 0 radical (unpaired) electrons. The number of nitrogens with one attached hydrogen (secondary N) is 2. The number of carbonyl (C=O) groups is 2. The first kappa shape index (κ1) is 13.5. The van der Waals surface area contributed by atoms with Gasteiger partial charge in [-0.2, -0.15) is 0 Å². The molecule has 2 amide bonds. The summed E-state index contributed by atoms with van der Waals surface area (Å²) in [6, 6.07) is 4.40. The Hall–Kier alpha value is -1.91. The van der Waals surface area contributed by atoms with E-state index in [9.17, 15) is 14.0 Å². The smallest absolute Gasteiger partial charge is 0.254 e. The molecule has 0 atom stereocenters. The molecule has 0 saturated heterocycles. The molecule has 2 rings (SSSR count). The van der Waals surface area contributed by atoms with Gasteiger partial charge in [-0.05, 0) is 31.9 Å². The fourth-order valence-corrected chi connectivity index (χ4v) is 1.76. The highest BCUT2D eigenvalue weighted by molar-refractivity contribution is 5.94. The van der Waals surface area contributed by atoms with Gasteiger partial charge in [0.2, 0.25) is 5.91 Å². The maximum Gasteiger partial charge on any atom is 0.254 e. The van der Waals surface area contributed by atoms with Gasteiger partial charge in [0.1, 0.15) is 5.82 Å². The molecule has 102 valence electrons. The number of benzene rings is 1.